The minimum Gasteiger partial charge on any atom is -0.381 e. The summed E-state index contributed by atoms with van der Waals surface area (Å²) in [6.07, 6.45) is 2.59. The van der Waals surface area contributed by atoms with Gasteiger partial charge in [-0.3, -0.25) is 15.0 Å². The van der Waals surface area contributed by atoms with Gasteiger partial charge in [0.2, 0.25) is 5.82 Å². The van der Waals surface area contributed by atoms with E-state index >= 15 is 0 Å². The van der Waals surface area contributed by atoms with E-state index in [1.54, 1.807) is 12.3 Å². The number of pyridine rings is 1. The summed E-state index contributed by atoms with van der Waals surface area (Å²) in [7, 11) is 0. The molecule has 0 aliphatic carbocycles. The van der Waals surface area contributed by atoms with Gasteiger partial charge in [-0.2, -0.15) is 0 Å². The molecule has 1 N–H and O–H groups in total. The van der Waals surface area contributed by atoms with Gasteiger partial charge in [0.15, 0.2) is 0 Å². The van der Waals surface area contributed by atoms with Crippen LogP contribution in [-0.4, -0.2) is 66.9 Å². The fourth-order valence-corrected chi connectivity index (χ4v) is 3.24. The first-order valence-electron chi connectivity index (χ1n) is 7.98. The maximum Gasteiger partial charge on any atom is 0.311 e. The molecular formula is C15H22N4O4. The largest absolute Gasteiger partial charge is 0.381 e. The van der Waals surface area contributed by atoms with E-state index in [4.69, 9.17) is 9.47 Å². The van der Waals surface area contributed by atoms with Crippen LogP contribution >= 0.6 is 0 Å². The summed E-state index contributed by atoms with van der Waals surface area (Å²) >= 11 is 0. The second-order valence-electron chi connectivity index (χ2n) is 5.85. The molecule has 0 spiro atoms. The Hall–Kier alpha value is -1.77. The lowest BCUT2D eigenvalue weighted by Crippen LogP contribution is -2.50. The number of hydrogen-bond acceptors (Lipinski definition) is 7. The zero-order valence-electron chi connectivity index (χ0n) is 13.0. The number of hydrogen-bond donors (Lipinski definition) is 1. The predicted molar refractivity (Wildman–Crippen MR) is 84.5 cm³/mol. The quantitative estimate of drug-likeness (QED) is 0.620. The second kappa shape index (κ2) is 7.67. The molecule has 8 nitrogen and oxygen atoms in total. The summed E-state index contributed by atoms with van der Waals surface area (Å²) < 4.78 is 11.0. The fraction of sp³-hybridized carbons (Fsp3) is 0.667. The third-order valence-corrected chi connectivity index (χ3v) is 4.49. The monoisotopic (exact) mass is 322 g/mol. The van der Waals surface area contributed by atoms with Gasteiger partial charge in [0.1, 0.15) is 0 Å². The van der Waals surface area contributed by atoms with E-state index < -0.39 is 4.92 Å². The highest BCUT2D eigenvalue weighted by Gasteiger charge is 2.32. The third-order valence-electron chi connectivity index (χ3n) is 4.49. The molecular weight excluding hydrogens is 300 g/mol. The summed E-state index contributed by atoms with van der Waals surface area (Å²) in [5.41, 5.74) is 0.0101. The summed E-state index contributed by atoms with van der Waals surface area (Å²) in [6, 6.07) is 3.31. The smallest absolute Gasteiger partial charge is 0.311 e. The van der Waals surface area contributed by atoms with Gasteiger partial charge >= 0.3 is 5.69 Å². The van der Waals surface area contributed by atoms with Crippen LogP contribution in [0.2, 0.25) is 0 Å². The topological polar surface area (TPSA) is 89.8 Å². The molecule has 2 aliphatic rings. The summed E-state index contributed by atoms with van der Waals surface area (Å²) in [5, 5.41) is 14.3. The summed E-state index contributed by atoms with van der Waals surface area (Å²) in [5.74, 6) is 0.762. The Morgan fingerprint density at radius 1 is 1.39 bits per heavy atom. The molecule has 3 rings (SSSR count). The summed E-state index contributed by atoms with van der Waals surface area (Å²) in [4.78, 5) is 17.2. The van der Waals surface area contributed by atoms with Crippen LogP contribution in [-0.2, 0) is 9.47 Å². The van der Waals surface area contributed by atoms with Gasteiger partial charge in [-0.1, -0.05) is 0 Å². The Labute approximate surface area is 134 Å². The van der Waals surface area contributed by atoms with Crippen LogP contribution < -0.4 is 5.32 Å². The van der Waals surface area contributed by atoms with Crippen molar-refractivity contribution in [1.29, 1.82) is 0 Å². The molecule has 0 saturated carbocycles. The summed E-state index contributed by atoms with van der Waals surface area (Å²) in [6.45, 7) is 5.37. The van der Waals surface area contributed by atoms with Crippen molar-refractivity contribution >= 4 is 11.5 Å². The second-order valence-corrected chi connectivity index (χ2v) is 5.85. The van der Waals surface area contributed by atoms with Crippen molar-refractivity contribution in [2.24, 2.45) is 5.92 Å². The molecule has 2 fully saturated rings. The first kappa shape index (κ1) is 16.1. The maximum absolute atomic E-state index is 11.1. The Morgan fingerprint density at radius 3 is 2.91 bits per heavy atom. The van der Waals surface area contributed by atoms with Gasteiger partial charge in [0.25, 0.3) is 0 Å². The van der Waals surface area contributed by atoms with Crippen molar-refractivity contribution in [1.82, 2.24) is 9.88 Å². The van der Waals surface area contributed by atoms with Crippen LogP contribution in [0, 0.1) is 16.0 Å². The van der Waals surface area contributed by atoms with Crippen molar-refractivity contribution in [2.45, 2.75) is 12.5 Å². The van der Waals surface area contributed by atoms with Crippen LogP contribution in [0.25, 0.3) is 0 Å². The average molecular weight is 322 g/mol. The number of rotatable bonds is 6. The van der Waals surface area contributed by atoms with Gasteiger partial charge in [0, 0.05) is 50.5 Å². The van der Waals surface area contributed by atoms with E-state index in [1.165, 1.54) is 6.07 Å². The van der Waals surface area contributed by atoms with Gasteiger partial charge in [-0.25, -0.2) is 4.98 Å². The molecule has 1 aromatic heterocycles. The minimum atomic E-state index is -0.405. The van der Waals surface area contributed by atoms with Crippen LogP contribution in [0.4, 0.5) is 11.5 Å². The third kappa shape index (κ3) is 3.95. The van der Waals surface area contributed by atoms with E-state index in [0.29, 0.717) is 18.3 Å². The standard InChI is InChI=1S/C15H22N4O4/c20-19(21)13-2-1-4-16-15(13)17-10-14(12-3-7-23-11-12)18-5-8-22-9-6-18/h1-2,4,12,14H,3,5-11H2,(H,16,17)/t12-,14+/m1/s1. The predicted octanol–water partition coefficient (Wildman–Crippen LogP) is 1.14. The highest BCUT2D eigenvalue weighted by molar-refractivity contribution is 5.55. The SMILES string of the molecule is O=[N+]([O-])c1cccnc1NC[C@@H]([C@@H]1CCOC1)N1CCOCC1. The van der Waals surface area contributed by atoms with Crippen LogP contribution in [0.5, 0.6) is 0 Å². The van der Waals surface area contributed by atoms with E-state index in [-0.39, 0.29) is 11.7 Å². The fourth-order valence-electron chi connectivity index (χ4n) is 3.24. The number of nitrogens with zero attached hydrogens (tertiary/aromatic N) is 3. The van der Waals surface area contributed by atoms with Crippen LogP contribution in [0.3, 0.4) is 0 Å². The Balaban J connectivity index is 1.69. The first-order chi connectivity index (χ1) is 11.3. The number of nitrogens with one attached hydrogen (secondary N) is 1. The molecule has 3 heterocycles. The van der Waals surface area contributed by atoms with Gasteiger partial charge in [-0.15, -0.1) is 0 Å². The Morgan fingerprint density at radius 2 is 2.22 bits per heavy atom. The molecule has 0 bridgehead atoms. The molecule has 23 heavy (non-hydrogen) atoms. The zero-order valence-corrected chi connectivity index (χ0v) is 13.0. The van der Waals surface area contributed by atoms with Gasteiger partial charge < -0.3 is 14.8 Å². The lowest BCUT2D eigenvalue weighted by atomic mass is 9.97. The lowest BCUT2D eigenvalue weighted by Gasteiger charge is -2.37. The highest BCUT2D eigenvalue weighted by atomic mass is 16.6. The molecule has 0 amide bonds. The molecule has 0 unspecified atom stereocenters. The minimum absolute atomic E-state index is 0.0101. The molecule has 126 valence electrons. The molecule has 0 aromatic carbocycles. The van der Waals surface area contributed by atoms with Crippen molar-refractivity contribution in [3.8, 4) is 0 Å². The van der Waals surface area contributed by atoms with E-state index in [1.807, 2.05) is 0 Å². The molecule has 2 aliphatic heterocycles. The molecule has 0 radical (unpaired) electrons. The number of morpholine rings is 1. The first-order valence-corrected chi connectivity index (χ1v) is 7.98. The number of aromatic nitrogens is 1. The highest BCUT2D eigenvalue weighted by Crippen LogP contribution is 2.25. The van der Waals surface area contributed by atoms with Gasteiger partial charge in [-0.05, 0) is 12.5 Å². The number of nitro groups is 1. The number of anilines is 1. The van der Waals surface area contributed by atoms with Crippen molar-refractivity contribution in [2.75, 3.05) is 51.4 Å². The van der Waals surface area contributed by atoms with Crippen molar-refractivity contribution in [3.05, 3.63) is 28.4 Å². The van der Waals surface area contributed by atoms with Crippen LogP contribution in [0.1, 0.15) is 6.42 Å². The molecule has 8 heteroatoms. The van der Waals surface area contributed by atoms with Gasteiger partial charge in [0.05, 0.1) is 24.7 Å². The molecule has 2 atom stereocenters. The van der Waals surface area contributed by atoms with E-state index in [0.717, 1.165) is 45.9 Å². The maximum atomic E-state index is 11.1. The van der Waals surface area contributed by atoms with Crippen LogP contribution in [0.15, 0.2) is 18.3 Å². The molecule has 2 saturated heterocycles. The Kier molecular flexibility index (Phi) is 5.37. The normalized spacial score (nSPS) is 23.6. The average Bonchev–Trinajstić information content (AvgIpc) is 3.10. The number of ether oxygens (including phenoxy) is 2. The van der Waals surface area contributed by atoms with E-state index in [9.17, 15) is 10.1 Å². The van der Waals surface area contributed by atoms with E-state index in [2.05, 4.69) is 15.2 Å². The van der Waals surface area contributed by atoms with Crippen molar-refractivity contribution in [3.63, 3.8) is 0 Å². The Bertz CT molecular complexity index is 530. The zero-order chi connectivity index (χ0) is 16.1. The lowest BCUT2D eigenvalue weighted by molar-refractivity contribution is -0.384. The molecule has 1 aromatic rings. The van der Waals surface area contributed by atoms with Crippen molar-refractivity contribution < 1.29 is 14.4 Å².